The summed E-state index contributed by atoms with van der Waals surface area (Å²) in [5, 5.41) is 3.30. The van der Waals surface area contributed by atoms with Crippen molar-refractivity contribution in [1.29, 1.82) is 0 Å². The quantitative estimate of drug-likeness (QED) is 0.451. The van der Waals surface area contributed by atoms with E-state index in [9.17, 15) is 4.79 Å². The average Bonchev–Trinajstić information content (AvgIpc) is 2.70. The van der Waals surface area contributed by atoms with Crippen molar-refractivity contribution in [3.8, 4) is 0 Å². The van der Waals surface area contributed by atoms with Crippen LogP contribution in [0.5, 0.6) is 0 Å². The van der Waals surface area contributed by atoms with Crippen LogP contribution in [0.2, 0.25) is 5.15 Å². The molecule has 3 atom stereocenters. The molecule has 1 aliphatic carbocycles. The van der Waals surface area contributed by atoms with E-state index in [4.69, 9.17) is 17.4 Å². The first-order valence-electron chi connectivity index (χ1n) is 6.46. The van der Waals surface area contributed by atoms with E-state index in [-0.39, 0.29) is 17.1 Å². The van der Waals surface area contributed by atoms with Crippen molar-refractivity contribution in [1.82, 2.24) is 10.3 Å². The SMILES string of the molecule is CC1CCC(NC(=O)c2cc(Cl)nc(NN)c2)C1C. The van der Waals surface area contributed by atoms with Gasteiger partial charge in [-0.3, -0.25) is 4.79 Å². The summed E-state index contributed by atoms with van der Waals surface area (Å²) in [5.41, 5.74) is 2.87. The predicted octanol–water partition coefficient (Wildman–Crippen LogP) is 2.19. The van der Waals surface area contributed by atoms with E-state index in [1.54, 1.807) is 12.1 Å². The Morgan fingerprint density at radius 2 is 2.16 bits per heavy atom. The van der Waals surface area contributed by atoms with E-state index in [2.05, 4.69) is 29.6 Å². The molecule has 1 fully saturated rings. The standard InChI is InChI=1S/C13H19ClN4O/c1-7-3-4-10(8(7)2)16-13(19)9-5-11(14)17-12(6-9)18-15/h5-8,10H,3-4,15H2,1-2H3,(H,16,19)(H,17,18). The lowest BCUT2D eigenvalue weighted by atomic mass is 9.97. The molecule has 1 amide bonds. The lowest BCUT2D eigenvalue weighted by molar-refractivity contribution is 0.0927. The van der Waals surface area contributed by atoms with Gasteiger partial charge >= 0.3 is 0 Å². The zero-order valence-electron chi connectivity index (χ0n) is 11.1. The Hall–Kier alpha value is -1.33. The van der Waals surface area contributed by atoms with Crippen LogP contribution >= 0.6 is 11.6 Å². The molecule has 2 rings (SSSR count). The number of amides is 1. The van der Waals surface area contributed by atoms with Gasteiger partial charge in [0.15, 0.2) is 0 Å². The number of carbonyl (C=O) groups is 1. The first-order chi connectivity index (χ1) is 9.01. The molecule has 1 aliphatic rings. The summed E-state index contributed by atoms with van der Waals surface area (Å²) < 4.78 is 0. The fourth-order valence-corrected chi connectivity index (χ4v) is 2.73. The lowest BCUT2D eigenvalue weighted by Crippen LogP contribution is -2.37. The highest BCUT2D eigenvalue weighted by atomic mass is 35.5. The Morgan fingerprint density at radius 3 is 2.74 bits per heavy atom. The van der Waals surface area contributed by atoms with E-state index in [1.165, 1.54) is 0 Å². The lowest BCUT2D eigenvalue weighted by Gasteiger charge is -2.19. The van der Waals surface area contributed by atoms with Crippen LogP contribution in [0.3, 0.4) is 0 Å². The summed E-state index contributed by atoms with van der Waals surface area (Å²) in [6.45, 7) is 4.39. The fourth-order valence-electron chi connectivity index (χ4n) is 2.52. The number of pyridine rings is 1. The monoisotopic (exact) mass is 282 g/mol. The predicted molar refractivity (Wildman–Crippen MR) is 75.9 cm³/mol. The van der Waals surface area contributed by atoms with Gasteiger partial charge in [0.25, 0.3) is 5.91 Å². The van der Waals surface area contributed by atoms with Crippen LogP contribution in [0.25, 0.3) is 0 Å². The van der Waals surface area contributed by atoms with Crippen molar-refractivity contribution in [3.05, 3.63) is 22.8 Å². The summed E-state index contributed by atoms with van der Waals surface area (Å²) in [6, 6.07) is 3.36. The van der Waals surface area contributed by atoms with Gasteiger partial charge < -0.3 is 10.7 Å². The molecule has 1 aromatic rings. The molecule has 4 N–H and O–H groups in total. The molecule has 5 nitrogen and oxygen atoms in total. The molecule has 3 unspecified atom stereocenters. The van der Waals surface area contributed by atoms with Gasteiger partial charge in [0.05, 0.1) is 0 Å². The normalized spacial score (nSPS) is 26.2. The first kappa shape index (κ1) is 14.1. The summed E-state index contributed by atoms with van der Waals surface area (Å²) in [6.07, 6.45) is 2.17. The van der Waals surface area contributed by atoms with Crippen LogP contribution in [0.1, 0.15) is 37.0 Å². The van der Waals surface area contributed by atoms with Gasteiger partial charge in [-0.15, -0.1) is 0 Å². The minimum absolute atomic E-state index is 0.133. The maximum atomic E-state index is 12.2. The number of nitrogens with two attached hydrogens (primary N) is 1. The highest BCUT2D eigenvalue weighted by Gasteiger charge is 2.30. The van der Waals surface area contributed by atoms with E-state index >= 15 is 0 Å². The maximum absolute atomic E-state index is 12.2. The molecular weight excluding hydrogens is 264 g/mol. The van der Waals surface area contributed by atoms with E-state index in [0.29, 0.717) is 23.2 Å². The number of hydrazine groups is 1. The van der Waals surface area contributed by atoms with Gasteiger partial charge in [0.2, 0.25) is 0 Å². The number of nitrogen functional groups attached to an aromatic ring is 1. The Morgan fingerprint density at radius 1 is 1.42 bits per heavy atom. The second-order valence-electron chi connectivity index (χ2n) is 5.20. The summed E-state index contributed by atoms with van der Waals surface area (Å²) >= 11 is 5.85. The number of nitrogens with zero attached hydrogens (tertiary/aromatic N) is 1. The topological polar surface area (TPSA) is 80.0 Å². The summed E-state index contributed by atoms with van der Waals surface area (Å²) in [7, 11) is 0. The smallest absolute Gasteiger partial charge is 0.251 e. The molecule has 0 spiro atoms. The van der Waals surface area contributed by atoms with E-state index in [1.807, 2.05) is 0 Å². The van der Waals surface area contributed by atoms with Crippen molar-refractivity contribution in [2.75, 3.05) is 5.43 Å². The number of nitrogens with one attached hydrogen (secondary N) is 2. The van der Waals surface area contributed by atoms with Crippen molar-refractivity contribution >= 4 is 23.3 Å². The Labute approximate surface area is 117 Å². The van der Waals surface area contributed by atoms with Gasteiger partial charge in [0.1, 0.15) is 11.0 Å². The number of anilines is 1. The zero-order valence-corrected chi connectivity index (χ0v) is 11.9. The number of aromatic nitrogens is 1. The van der Waals surface area contributed by atoms with Crippen molar-refractivity contribution < 1.29 is 4.79 Å². The summed E-state index contributed by atoms with van der Waals surface area (Å²) in [4.78, 5) is 16.1. The number of hydrogen-bond acceptors (Lipinski definition) is 4. The molecule has 0 aliphatic heterocycles. The third-order valence-corrected chi connectivity index (χ3v) is 4.18. The van der Waals surface area contributed by atoms with Crippen molar-refractivity contribution in [2.45, 2.75) is 32.7 Å². The Bertz CT molecular complexity index is 480. The Kier molecular flexibility index (Phi) is 4.27. The molecule has 1 heterocycles. The first-order valence-corrected chi connectivity index (χ1v) is 6.84. The minimum atomic E-state index is -0.133. The second kappa shape index (κ2) is 5.75. The maximum Gasteiger partial charge on any atom is 0.251 e. The highest BCUT2D eigenvalue weighted by Crippen LogP contribution is 2.31. The largest absolute Gasteiger partial charge is 0.349 e. The number of rotatable bonds is 3. The molecule has 0 saturated heterocycles. The Balaban J connectivity index is 2.10. The fraction of sp³-hybridized carbons (Fsp3) is 0.538. The number of carbonyl (C=O) groups excluding carboxylic acids is 1. The average molecular weight is 283 g/mol. The van der Waals surface area contributed by atoms with Crippen LogP contribution < -0.4 is 16.6 Å². The molecule has 19 heavy (non-hydrogen) atoms. The molecule has 0 bridgehead atoms. The molecule has 0 aromatic carbocycles. The van der Waals surface area contributed by atoms with Crippen LogP contribution in [0.4, 0.5) is 5.82 Å². The zero-order chi connectivity index (χ0) is 14.0. The van der Waals surface area contributed by atoms with E-state index < -0.39 is 0 Å². The minimum Gasteiger partial charge on any atom is -0.349 e. The van der Waals surface area contributed by atoms with Gasteiger partial charge in [-0.05, 0) is 36.8 Å². The molecular formula is C13H19ClN4O. The van der Waals surface area contributed by atoms with E-state index in [0.717, 1.165) is 12.8 Å². The van der Waals surface area contributed by atoms with Gasteiger partial charge in [-0.2, -0.15) is 0 Å². The third kappa shape index (κ3) is 3.16. The van der Waals surface area contributed by atoms with Gasteiger partial charge in [0, 0.05) is 11.6 Å². The van der Waals surface area contributed by atoms with Crippen molar-refractivity contribution in [3.63, 3.8) is 0 Å². The molecule has 1 aromatic heterocycles. The third-order valence-electron chi connectivity index (χ3n) is 3.99. The number of hydrogen-bond donors (Lipinski definition) is 3. The van der Waals surface area contributed by atoms with Gasteiger partial charge in [-0.1, -0.05) is 25.4 Å². The molecule has 6 heteroatoms. The van der Waals surface area contributed by atoms with Crippen LogP contribution in [0.15, 0.2) is 12.1 Å². The molecule has 1 saturated carbocycles. The van der Waals surface area contributed by atoms with Crippen LogP contribution in [0, 0.1) is 11.8 Å². The highest BCUT2D eigenvalue weighted by molar-refractivity contribution is 6.29. The van der Waals surface area contributed by atoms with Crippen LogP contribution in [-0.2, 0) is 0 Å². The molecule has 104 valence electrons. The molecule has 0 radical (unpaired) electrons. The number of halogens is 1. The summed E-state index contributed by atoms with van der Waals surface area (Å²) in [5.74, 6) is 6.68. The van der Waals surface area contributed by atoms with Crippen molar-refractivity contribution in [2.24, 2.45) is 17.7 Å². The van der Waals surface area contributed by atoms with Crippen LogP contribution in [-0.4, -0.2) is 16.9 Å². The second-order valence-corrected chi connectivity index (χ2v) is 5.59. The van der Waals surface area contributed by atoms with Gasteiger partial charge in [-0.25, -0.2) is 10.8 Å².